The highest BCUT2D eigenvalue weighted by Crippen LogP contribution is 2.22. The molecule has 3 rings (SSSR count). The van der Waals surface area contributed by atoms with Gasteiger partial charge in [-0.1, -0.05) is 18.7 Å². The number of allylic oxidation sites excluding steroid dienone is 1. The van der Waals surface area contributed by atoms with Crippen molar-refractivity contribution in [2.45, 2.75) is 25.8 Å². The van der Waals surface area contributed by atoms with Gasteiger partial charge in [0.1, 0.15) is 5.75 Å². The van der Waals surface area contributed by atoms with Gasteiger partial charge in [0, 0.05) is 22.3 Å². The molecule has 30 heavy (non-hydrogen) atoms. The van der Waals surface area contributed by atoms with Crippen LogP contribution in [0.15, 0.2) is 59.2 Å². The minimum absolute atomic E-state index is 0.154. The second-order valence-corrected chi connectivity index (χ2v) is 8.36. The lowest BCUT2D eigenvalue weighted by molar-refractivity contribution is 0.0943. The number of halogens is 1. The zero-order valence-corrected chi connectivity index (χ0v) is 18.3. The first-order valence-electron chi connectivity index (χ1n) is 9.98. The zero-order chi connectivity index (χ0) is 21.5. The fourth-order valence-corrected chi connectivity index (χ4v) is 4.06. The molecule has 2 aromatic rings. The Hall–Kier alpha value is -2.64. The molecule has 0 unspecified atom stereocenters. The molecule has 0 radical (unpaired) electrons. The Morgan fingerprint density at radius 2 is 1.90 bits per heavy atom. The van der Waals surface area contributed by atoms with Crippen LogP contribution in [0, 0.1) is 5.92 Å². The maximum absolute atomic E-state index is 12.6. The number of hydrogen-bond acceptors (Lipinski definition) is 4. The Balaban J connectivity index is 1.56. The summed E-state index contributed by atoms with van der Waals surface area (Å²) in [6, 6.07) is 11.6. The Bertz CT molecular complexity index is 939. The summed E-state index contributed by atoms with van der Waals surface area (Å²) in [6.45, 7) is 6.31. The third-order valence-electron chi connectivity index (χ3n) is 5.12. The minimum Gasteiger partial charge on any atom is -0.508 e. The van der Waals surface area contributed by atoms with Gasteiger partial charge in [0.2, 0.25) is 0 Å². The van der Waals surface area contributed by atoms with E-state index >= 15 is 0 Å². The lowest BCUT2D eigenvalue weighted by Crippen LogP contribution is -2.30. The summed E-state index contributed by atoms with van der Waals surface area (Å²) < 4.78 is 0.541. The topological polar surface area (TPSA) is 90.5 Å². The smallest absolute Gasteiger partial charge is 0.256 e. The summed E-state index contributed by atoms with van der Waals surface area (Å²) >= 11 is 3.40. The Morgan fingerprint density at radius 1 is 1.13 bits per heavy atom. The monoisotopic (exact) mass is 471 g/mol. The normalized spacial score (nSPS) is 14.2. The van der Waals surface area contributed by atoms with E-state index in [1.165, 1.54) is 0 Å². The van der Waals surface area contributed by atoms with E-state index in [2.05, 4.69) is 38.5 Å². The standard InChI is InChI=1S/C23H26BrN3O3/c1-15(11-16-7-9-25-10-8-16)27-23(30)20-6-5-18(13-21(20)24)22(29)26-14-17-3-2-4-19(28)12-17/h2-6,12-13,16,25,28H,1,7-11,14H2,(H,26,29)(H,27,30). The van der Waals surface area contributed by atoms with Crippen LogP contribution >= 0.6 is 15.9 Å². The lowest BCUT2D eigenvalue weighted by atomic mass is 9.93. The molecule has 6 nitrogen and oxygen atoms in total. The van der Waals surface area contributed by atoms with Gasteiger partial charge < -0.3 is 21.1 Å². The van der Waals surface area contributed by atoms with E-state index in [-0.39, 0.29) is 17.6 Å². The Morgan fingerprint density at radius 3 is 2.60 bits per heavy atom. The summed E-state index contributed by atoms with van der Waals surface area (Å²) in [7, 11) is 0. The second kappa shape index (κ2) is 10.4. The maximum Gasteiger partial charge on any atom is 0.256 e. The molecule has 1 aliphatic rings. The molecule has 2 aromatic carbocycles. The first-order chi connectivity index (χ1) is 14.4. The fourth-order valence-electron chi connectivity index (χ4n) is 3.50. The van der Waals surface area contributed by atoms with Crippen molar-refractivity contribution >= 4 is 27.7 Å². The molecule has 1 fully saturated rings. The number of piperidine rings is 1. The third-order valence-corrected chi connectivity index (χ3v) is 5.78. The van der Waals surface area contributed by atoms with Gasteiger partial charge in [-0.05, 0) is 90.1 Å². The summed E-state index contributed by atoms with van der Waals surface area (Å²) in [5, 5.41) is 18.5. The van der Waals surface area contributed by atoms with E-state index < -0.39 is 0 Å². The molecule has 0 aliphatic carbocycles. The average molecular weight is 472 g/mol. The van der Waals surface area contributed by atoms with Gasteiger partial charge in [-0.25, -0.2) is 0 Å². The highest BCUT2D eigenvalue weighted by molar-refractivity contribution is 9.10. The molecular formula is C23H26BrN3O3. The molecule has 7 heteroatoms. The quantitative estimate of drug-likeness (QED) is 0.495. The van der Waals surface area contributed by atoms with E-state index in [9.17, 15) is 14.7 Å². The molecule has 1 aliphatic heterocycles. The van der Waals surface area contributed by atoms with Crippen LogP contribution in [-0.4, -0.2) is 30.0 Å². The number of carbonyl (C=O) groups is 2. The molecule has 1 saturated heterocycles. The highest BCUT2D eigenvalue weighted by atomic mass is 79.9. The number of nitrogens with one attached hydrogen (secondary N) is 3. The van der Waals surface area contributed by atoms with Crippen LogP contribution in [-0.2, 0) is 6.54 Å². The first-order valence-corrected chi connectivity index (χ1v) is 10.8. The number of amides is 2. The average Bonchev–Trinajstić information content (AvgIpc) is 2.72. The summed E-state index contributed by atoms with van der Waals surface area (Å²) in [5.41, 5.74) is 2.40. The van der Waals surface area contributed by atoms with Gasteiger partial charge in [0.05, 0.1) is 5.56 Å². The number of benzene rings is 2. The van der Waals surface area contributed by atoms with Gasteiger partial charge in [-0.2, -0.15) is 0 Å². The molecular weight excluding hydrogens is 446 g/mol. The van der Waals surface area contributed by atoms with Crippen LogP contribution in [0.5, 0.6) is 5.75 Å². The Labute approximate surface area is 184 Å². The van der Waals surface area contributed by atoms with Crippen molar-refractivity contribution < 1.29 is 14.7 Å². The number of hydrogen-bond donors (Lipinski definition) is 4. The predicted molar refractivity (Wildman–Crippen MR) is 120 cm³/mol. The molecule has 0 atom stereocenters. The van der Waals surface area contributed by atoms with Gasteiger partial charge in [0.15, 0.2) is 0 Å². The van der Waals surface area contributed by atoms with E-state index in [1.54, 1.807) is 36.4 Å². The van der Waals surface area contributed by atoms with Crippen LogP contribution in [0.1, 0.15) is 45.5 Å². The number of phenolic OH excluding ortho intramolecular Hbond substituents is 1. The fraction of sp³-hybridized carbons (Fsp3) is 0.304. The van der Waals surface area contributed by atoms with Crippen molar-refractivity contribution in [3.63, 3.8) is 0 Å². The predicted octanol–water partition coefficient (Wildman–Crippen LogP) is 3.72. The van der Waals surface area contributed by atoms with Crippen LogP contribution < -0.4 is 16.0 Å². The summed E-state index contributed by atoms with van der Waals surface area (Å²) in [6.07, 6.45) is 2.95. The van der Waals surface area contributed by atoms with Crippen LogP contribution in [0.4, 0.5) is 0 Å². The molecule has 0 saturated carbocycles. The van der Waals surface area contributed by atoms with Crippen LogP contribution in [0.2, 0.25) is 0 Å². The minimum atomic E-state index is -0.263. The van der Waals surface area contributed by atoms with E-state index in [1.807, 2.05) is 6.07 Å². The van der Waals surface area contributed by atoms with Crippen molar-refractivity contribution in [2.75, 3.05) is 13.1 Å². The molecule has 2 amide bonds. The third kappa shape index (κ3) is 6.18. The SMILES string of the molecule is C=C(CC1CCNCC1)NC(=O)c1ccc(C(=O)NCc2cccc(O)c2)cc1Br. The van der Waals surface area contributed by atoms with Gasteiger partial charge in [0.25, 0.3) is 11.8 Å². The molecule has 0 spiro atoms. The molecule has 0 aromatic heterocycles. The van der Waals surface area contributed by atoms with Gasteiger partial charge >= 0.3 is 0 Å². The highest BCUT2D eigenvalue weighted by Gasteiger charge is 2.17. The molecule has 158 valence electrons. The lowest BCUT2D eigenvalue weighted by Gasteiger charge is -2.23. The molecule has 4 N–H and O–H groups in total. The maximum atomic E-state index is 12.6. The van der Waals surface area contributed by atoms with Crippen molar-refractivity contribution in [3.8, 4) is 5.75 Å². The van der Waals surface area contributed by atoms with Crippen molar-refractivity contribution in [1.29, 1.82) is 0 Å². The van der Waals surface area contributed by atoms with Gasteiger partial charge in [-0.15, -0.1) is 0 Å². The Kier molecular flexibility index (Phi) is 7.65. The van der Waals surface area contributed by atoms with E-state index in [0.717, 1.165) is 37.9 Å². The number of carbonyl (C=O) groups excluding carboxylic acids is 2. The summed E-state index contributed by atoms with van der Waals surface area (Å²) in [4.78, 5) is 25.0. The largest absolute Gasteiger partial charge is 0.508 e. The number of rotatable bonds is 7. The zero-order valence-electron chi connectivity index (χ0n) is 16.7. The van der Waals surface area contributed by atoms with Crippen LogP contribution in [0.25, 0.3) is 0 Å². The van der Waals surface area contributed by atoms with Crippen LogP contribution in [0.3, 0.4) is 0 Å². The number of aromatic hydroxyl groups is 1. The van der Waals surface area contributed by atoms with Crippen molar-refractivity contribution in [1.82, 2.24) is 16.0 Å². The van der Waals surface area contributed by atoms with E-state index in [4.69, 9.17) is 0 Å². The number of phenols is 1. The molecule has 0 bridgehead atoms. The van der Waals surface area contributed by atoms with Crippen molar-refractivity contribution in [2.24, 2.45) is 5.92 Å². The first kappa shape index (κ1) is 22.1. The van der Waals surface area contributed by atoms with Crippen molar-refractivity contribution in [3.05, 3.63) is 75.9 Å². The van der Waals surface area contributed by atoms with E-state index in [0.29, 0.717) is 33.8 Å². The van der Waals surface area contributed by atoms with Gasteiger partial charge in [-0.3, -0.25) is 9.59 Å². The second-order valence-electron chi connectivity index (χ2n) is 7.50. The molecule has 1 heterocycles. The summed E-state index contributed by atoms with van der Waals surface area (Å²) in [5.74, 6) is 0.190.